The first-order valence-corrected chi connectivity index (χ1v) is 5.65. The van der Waals surface area contributed by atoms with Crippen LogP contribution >= 0.6 is 0 Å². The minimum absolute atomic E-state index is 0.472. The molecule has 2 rings (SSSR count). The third-order valence-electron chi connectivity index (χ3n) is 2.61. The highest BCUT2D eigenvalue weighted by Gasteiger charge is 2.02. The van der Waals surface area contributed by atoms with Crippen LogP contribution in [0.2, 0.25) is 0 Å². The van der Waals surface area contributed by atoms with Crippen LogP contribution in [-0.4, -0.2) is 7.11 Å². The van der Waals surface area contributed by atoms with Gasteiger partial charge in [-0.1, -0.05) is 18.2 Å². The standard InChI is InChI=1S/C14H16N2O2/c1-17-14-5-3-2-4-11(14)10-18-13-8-6-12(16-15)7-9-13/h2-9,16H,10,15H2,1H3. The first kappa shape index (κ1) is 12.3. The van der Waals surface area contributed by atoms with Crippen molar-refractivity contribution in [2.45, 2.75) is 6.61 Å². The van der Waals surface area contributed by atoms with Gasteiger partial charge >= 0.3 is 0 Å². The van der Waals surface area contributed by atoms with Crippen LogP contribution < -0.4 is 20.7 Å². The highest BCUT2D eigenvalue weighted by molar-refractivity contribution is 5.45. The van der Waals surface area contributed by atoms with Gasteiger partial charge in [0.05, 0.1) is 7.11 Å². The molecule has 3 N–H and O–H groups in total. The Morgan fingerprint density at radius 2 is 1.78 bits per heavy atom. The van der Waals surface area contributed by atoms with Gasteiger partial charge in [-0.25, -0.2) is 0 Å². The van der Waals surface area contributed by atoms with Crippen molar-refractivity contribution in [2.75, 3.05) is 12.5 Å². The van der Waals surface area contributed by atoms with Crippen LogP contribution in [-0.2, 0) is 6.61 Å². The van der Waals surface area contributed by atoms with Crippen LogP contribution in [0.5, 0.6) is 11.5 Å². The number of ether oxygens (including phenoxy) is 2. The van der Waals surface area contributed by atoms with Crippen molar-refractivity contribution in [2.24, 2.45) is 5.84 Å². The molecule has 0 spiro atoms. The number of hydrogen-bond acceptors (Lipinski definition) is 4. The van der Waals surface area contributed by atoms with Gasteiger partial charge in [0, 0.05) is 11.3 Å². The average Bonchev–Trinajstić information content (AvgIpc) is 2.46. The fourth-order valence-corrected chi connectivity index (χ4v) is 1.63. The number of benzene rings is 2. The Morgan fingerprint density at radius 1 is 1.06 bits per heavy atom. The summed E-state index contributed by atoms with van der Waals surface area (Å²) in [5.74, 6) is 6.92. The van der Waals surface area contributed by atoms with Crippen molar-refractivity contribution in [1.29, 1.82) is 0 Å². The van der Waals surface area contributed by atoms with Crippen molar-refractivity contribution in [3.8, 4) is 11.5 Å². The lowest BCUT2D eigenvalue weighted by Gasteiger charge is -2.10. The van der Waals surface area contributed by atoms with Gasteiger partial charge in [-0.15, -0.1) is 0 Å². The summed E-state index contributed by atoms with van der Waals surface area (Å²) in [5, 5.41) is 0. The van der Waals surface area contributed by atoms with Crippen molar-refractivity contribution in [3.63, 3.8) is 0 Å². The van der Waals surface area contributed by atoms with E-state index < -0.39 is 0 Å². The topological polar surface area (TPSA) is 56.5 Å². The largest absolute Gasteiger partial charge is 0.496 e. The Morgan fingerprint density at radius 3 is 2.44 bits per heavy atom. The molecule has 0 aromatic heterocycles. The molecule has 0 saturated heterocycles. The molecule has 4 nitrogen and oxygen atoms in total. The van der Waals surface area contributed by atoms with Gasteiger partial charge in [0.1, 0.15) is 18.1 Å². The maximum Gasteiger partial charge on any atom is 0.125 e. The van der Waals surface area contributed by atoms with Crippen molar-refractivity contribution in [3.05, 3.63) is 54.1 Å². The van der Waals surface area contributed by atoms with E-state index in [-0.39, 0.29) is 0 Å². The second-order valence-corrected chi connectivity index (χ2v) is 3.77. The summed E-state index contributed by atoms with van der Waals surface area (Å²) in [6.45, 7) is 0.472. The third kappa shape index (κ3) is 2.93. The molecule has 0 bridgehead atoms. The summed E-state index contributed by atoms with van der Waals surface area (Å²) in [5.41, 5.74) is 4.43. The quantitative estimate of drug-likeness (QED) is 0.627. The Kier molecular flexibility index (Phi) is 4.04. The van der Waals surface area contributed by atoms with E-state index >= 15 is 0 Å². The minimum Gasteiger partial charge on any atom is -0.496 e. The van der Waals surface area contributed by atoms with Crippen LogP contribution in [0.1, 0.15) is 5.56 Å². The van der Waals surface area contributed by atoms with E-state index in [4.69, 9.17) is 15.3 Å². The minimum atomic E-state index is 0.472. The molecule has 0 fully saturated rings. The first-order valence-electron chi connectivity index (χ1n) is 5.65. The molecule has 94 valence electrons. The molecule has 0 amide bonds. The summed E-state index contributed by atoms with van der Waals surface area (Å²) in [4.78, 5) is 0. The van der Waals surface area contributed by atoms with E-state index in [0.717, 1.165) is 22.7 Å². The van der Waals surface area contributed by atoms with E-state index in [1.165, 1.54) is 0 Å². The Bertz CT molecular complexity index is 497. The lowest BCUT2D eigenvalue weighted by molar-refractivity contribution is 0.296. The number of methoxy groups -OCH3 is 1. The molecule has 2 aromatic rings. The smallest absolute Gasteiger partial charge is 0.125 e. The molecule has 0 aliphatic carbocycles. The zero-order chi connectivity index (χ0) is 12.8. The second-order valence-electron chi connectivity index (χ2n) is 3.77. The normalized spacial score (nSPS) is 9.89. The van der Waals surface area contributed by atoms with E-state index in [1.54, 1.807) is 7.11 Å². The van der Waals surface area contributed by atoms with Gasteiger partial charge < -0.3 is 14.9 Å². The lowest BCUT2D eigenvalue weighted by atomic mass is 10.2. The van der Waals surface area contributed by atoms with Crippen molar-refractivity contribution < 1.29 is 9.47 Å². The van der Waals surface area contributed by atoms with Crippen LogP contribution in [0.4, 0.5) is 5.69 Å². The van der Waals surface area contributed by atoms with Gasteiger partial charge in [-0.3, -0.25) is 5.84 Å². The lowest BCUT2D eigenvalue weighted by Crippen LogP contribution is -2.06. The molecule has 0 radical (unpaired) electrons. The highest BCUT2D eigenvalue weighted by atomic mass is 16.5. The number of nitrogens with one attached hydrogen (secondary N) is 1. The fourth-order valence-electron chi connectivity index (χ4n) is 1.63. The number of hydrazine groups is 1. The van der Waals surface area contributed by atoms with Crippen molar-refractivity contribution >= 4 is 5.69 Å². The van der Waals surface area contributed by atoms with Crippen molar-refractivity contribution in [1.82, 2.24) is 0 Å². The van der Waals surface area contributed by atoms with Crippen LogP contribution in [0.3, 0.4) is 0 Å². The summed E-state index contributed by atoms with van der Waals surface area (Å²) >= 11 is 0. The SMILES string of the molecule is COc1ccccc1COc1ccc(NN)cc1. The van der Waals surface area contributed by atoms with E-state index in [9.17, 15) is 0 Å². The molecular formula is C14H16N2O2. The second kappa shape index (κ2) is 5.93. The van der Waals surface area contributed by atoms with Gasteiger partial charge in [-0.05, 0) is 30.3 Å². The van der Waals surface area contributed by atoms with E-state index in [0.29, 0.717) is 6.61 Å². The Hall–Kier alpha value is -2.20. The van der Waals surface area contributed by atoms with Gasteiger partial charge in [-0.2, -0.15) is 0 Å². The molecule has 0 heterocycles. The predicted octanol–water partition coefficient (Wildman–Crippen LogP) is 2.56. The Balaban J connectivity index is 2.02. The van der Waals surface area contributed by atoms with E-state index in [2.05, 4.69) is 5.43 Å². The summed E-state index contributed by atoms with van der Waals surface area (Å²) < 4.78 is 10.9. The molecular weight excluding hydrogens is 228 g/mol. The van der Waals surface area contributed by atoms with Gasteiger partial charge in [0.15, 0.2) is 0 Å². The molecule has 0 saturated carbocycles. The van der Waals surface area contributed by atoms with Crippen LogP contribution in [0, 0.1) is 0 Å². The number of nitrogens with two attached hydrogens (primary N) is 1. The molecule has 4 heteroatoms. The number of para-hydroxylation sites is 1. The third-order valence-corrected chi connectivity index (χ3v) is 2.61. The summed E-state index contributed by atoms with van der Waals surface area (Å²) in [6, 6.07) is 15.2. The number of anilines is 1. The monoisotopic (exact) mass is 244 g/mol. The first-order chi connectivity index (χ1) is 8.83. The number of hydrogen-bond donors (Lipinski definition) is 2. The maximum absolute atomic E-state index is 5.69. The molecule has 18 heavy (non-hydrogen) atoms. The molecule has 2 aromatic carbocycles. The number of rotatable bonds is 5. The molecule has 0 unspecified atom stereocenters. The average molecular weight is 244 g/mol. The van der Waals surface area contributed by atoms with Gasteiger partial charge in [0.25, 0.3) is 0 Å². The molecule has 0 atom stereocenters. The predicted molar refractivity (Wildman–Crippen MR) is 71.6 cm³/mol. The highest BCUT2D eigenvalue weighted by Crippen LogP contribution is 2.21. The van der Waals surface area contributed by atoms with E-state index in [1.807, 2.05) is 48.5 Å². The molecule has 0 aliphatic rings. The van der Waals surface area contributed by atoms with Gasteiger partial charge in [0.2, 0.25) is 0 Å². The number of nitrogen functional groups attached to an aromatic ring is 1. The summed E-state index contributed by atoms with van der Waals surface area (Å²) in [7, 11) is 1.65. The van der Waals surface area contributed by atoms with Crippen LogP contribution in [0.15, 0.2) is 48.5 Å². The summed E-state index contributed by atoms with van der Waals surface area (Å²) in [6.07, 6.45) is 0. The maximum atomic E-state index is 5.69. The fraction of sp³-hybridized carbons (Fsp3) is 0.143. The zero-order valence-corrected chi connectivity index (χ0v) is 10.2. The zero-order valence-electron chi connectivity index (χ0n) is 10.2. The van der Waals surface area contributed by atoms with Crippen LogP contribution in [0.25, 0.3) is 0 Å². The molecule has 0 aliphatic heterocycles. The Labute approximate surface area is 106 Å².